The highest BCUT2D eigenvalue weighted by Gasteiger charge is 2.11. The zero-order valence-electron chi connectivity index (χ0n) is 9.98. The molecule has 0 radical (unpaired) electrons. The van der Waals surface area contributed by atoms with Crippen LogP contribution < -0.4 is 10.5 Å². The molecule has 0 amide bonds. The van der Waals surface area contributed by atoms with Crippen molar-refractivity contribution in [1.29, 1.82) is 0 Å². The number of nitrogens with two attached hydrogens (primary N) is 1. The fraction of sp³-hybridized carbons (Fsp3) is 0.0769. The Labute approximate surface area is 120 Å². The summed E-state index contributed by atoms with van der Waals surface area (Å²) >= 11 is 10.6. The van der Waals surface area contributed by atoms with Gasteiger partial charge in [0, 0.05) is 11.8 Å². The van der Waals surface area contributed by atoms with Crippen molar-refractivity contribution in [2.75, 3.05) is 0 Å². The number of hydrogen-bond donors (Lipinski definition) is 1. The number of aryl methyl sites for hydroxylation is 1. The average molecular weight is 297 g/mol. The lowest BCUT2D eigenvalue weighted by atomic mass is 10.2. The molecule has 0 saturated carbocycles. The molecular weight excluding hydrogens is 287 g/mol. The molecular formula is C13H10ClFN2OS. The van der Waals surface area contributed by atoms with E-state index in [2.05, 4.69) is 4.98 Å². The van der Waals surface area contributed by atoms with Gasteiger partial charge < -0.3 is 10.5 Å². The van der Waals surface area contributed by atoms with Gasteiger partial charge in [-0.25, -0.2) is 9.37 Å². The lowest BCUT2D eigenvalue weighted by molar-refractivity contribution is 0.459. The first-order valence-corrected chi connectivity index (χ1v) is 6.16. The first kappa shape index (κ1) is 13.7. The van der Waals surface area contributed by atoms with Crippen molar-refractivity contribution in [3.63, 3.8) is 0 Å². The summed E-state index contributed by atoms with van der Waals surface area (Å²) in [5.41, 5.74) is 6.87. The molecule has 1 aromatic carbocycles. The van der Waals surface area contributed by atoms with E-state index in [0.717, 1.165) is 5.69 Å². The first-order chi connectivity index (χ1) is 8.97. The van der Waals surface area contributed by atoms with E-state index in [9.17, 15) is 4.39 Å². The molecule has 0 aliphatic carbocycles. The molecule has 0 aliphatic heterocycles. The maximum absolute atomic E-state index is 13.1. The van der Waals surface area contributed by atoms with E-state index in [1.54, 1.807) is 12.1 Å². The Balaban J connectivity index is 2.39. The summed E-state index contributed by atoms with van der Waals surface area (Å²) in [5.74, 6) is 0.123. The van der Waals surface area contributed by atoms with E-state index in [-0.39, 0.29) is 15.9 Å². The third kappa shape index (κ3) is 3.19. The summed E-state index contributed by atoms with van der Waals surface area (Å²) in [6.07, 6.45) is 0. The number of halogens is 2. The number of benzene rings is 1. The van der Waals surface area contributed by atoms with Gasteiger partial charge in [0.25, 0.3) is 0 Å². The van der Waals surface area contributed by atoms with E-state index >= 15 is 0 Å². The Kier molecular flexibility index (Phi) is 3.97. The van der Waals surface area contributed by atoms with E-state index in [4.69, 9.17) is 34.3 Å². The molecule has 0 aliphatic rings. The Bertz CT molecular complexity index is 649. The molecule has 2 N–H and O–H groups in total. The average Bonchev–Trinajstić information content (AvgIpc) is 2.33. The highest BCUT2D eigenvalue weighted by Crippen LogP contribution is 2.27. The van der Waals surface area contributed by atoms with Crippen molar-refractivity contribution in [2.24, 2.45) is 5.73 Å². The molecule has 0 saturated heterocycles. The predicted molar refractivity (Wildman–Crippen MR) is 76.3 cm³/mol. The number of hydrogen-bond acceptors (Lipinski definition) is 3. The Morgan fingerprint density at radius 3 is 2.74 bits per heavy atom. The molecule has 0 unspecified atom stereocenters. The molecule has 0 atom stereocenters. The van der Waals surface area contributed by atoms with Gasteiger partial charge in [-0.15, -0.1) is 0 Å². The van der Waals surface area contributed by atoms with Gasteiger partial charge in [0.15, 0.2) is 0 Å². The highest BCUT2D eigenvalue weighted by molar-refractivity contribution is 7.80. The molecule has 0 bridgehead atoms. The summed E-state index contributed by atoms with van der Waals surface area (Å²) in [4.78, 5) is 4.39. The van der Waals surface area contributed by atoms with Crippen LogP contribution in [0.2, 0.25) is 5.02 Å². The van der Waals surface area contributed by atoms with Crippen molar-refractivity contribution in [2.45, 2.75) is 6.92 Å². The normalized spacial score (nSPS) is 10.3. The zero-order valence-corrected chi connectivity index (χ0v) is 11.6. The molecule has 0 spiro atoms. The molecule has 2 rings (SSSR count). The Morgan fingerprint density at radius 2 is 2.11 bits per heavy atom. The first-order valence-electron chi connectivity index (χ1n) is 5.37. The van der Waals surface area contributed by atoms with Crippen LogP contribution in [0.4, 0.5) is 4.39 Å². The zero-order chi connectivity index (χ0) is 14.0. The number of ether oxygens (including phenoxy) is 1. The summed E-state index contributed by atoms with van der Waals surface area (Å²) in [6.45, 7) is 1.81. The molecule has 0 fully saturated rings. The van der Waals surface area contributed by atoms with E-state index < -0.39 is 5.82 Å². The van der Waals surface area contributed by atoms with Crippen molar-refractivity contribution in [3.8, 4) is 11.6 Å². The van der Waals surface area contributed by atoms with Crippen molar-refractivity contribution >= 4 is 28.8 Å². The van der Waals surface area contributed by atoms with Gasteiger partial charge in [0.1, 0.15) is 16.6 Å². The quantitative estimate of drug-likeness (QED) is 0.879. The smallest absolute Gasteiger partial charge is 0.229 e. The molecule has 2 aromatic rings. The number of thiocarbonyl (C=S) groups is 1. The fourth-order valence-electron chi connectivity index (χ4n) is 1.45. The largest absolute Gasteiger partial charge is 0.438 e. The monoisotopic (exact) mass is 296 g/mol. The van der Waals surface area contributed by atoms with Gasteiger partial charge in [0.05, 0.1) is 10.6 Å². The summed E-state index contributed by atoms with van der Waals surface area (Å²) in [6, 6.07) is 7.54. The Hall–Kier alpha value is -1.72. The van der Waals surface area contributed by atoms with E-state index in [1.165, 1.54) is 18.2 Å². The summed E-state index contributed by atoms with van der Waals surface area (Å²) in [5, 5.41) is -0.0259. The van der Waals surface area contributed by atoms with Crippen molar-refractivity contribution in [3.05, 3.63) is 52.4 Å². The van der Waals surface area contributed by atoms with Gasteiger partial charge >= 0.3 is 0 Å². The van der Waals surface area contributed by atoms with Gasteiger partial charge in [-0.1, -0.05) is 23.8 Å². The number of rotatable bonds is 3. The van der Waals surface area contributed by atoms with Gasteiger partial charge in [-0.05, 0) is 31.2 Å². The lowest BCUT2D eigenvalue weighted by Gasteiger charge is -2.10. The fourth-order valence-corrected chi connectivity index (χ4v) is 1.78. The van der Waals surface area contributed by atoms with Crippen LogP contribution in [0.1, 0.15) is 11.3 Å². The van der Waals surface area contributed by atoms with Crippen LogP contribution in [0, 0.1) is 12.7 Å². The molecule has 1 aromatic heterocycles. The standard InChI is InChI=1S/C13H10ClFN2OS/c1-7-2-4-9(12(16)19)13(17-7)18-8-3-5-11(15)10(14)6-8/h2-6H,1H3,(H2,16,19). The van der Waals surface area contributed by atoms with Crippen LogP contribution in [-0.4, -0.2) is 9.97 Å². The van der Waals surface area contributed by atoms with E-state index in [1.807, 2.05) is 6.92 Å². The van der Waals surface area contributed by atoms with Crippen LogP contribution in [-0.2, 0) is 0 Å². The van der Waals surface area contributed by atoms with Crippen LogP contribution in [0.25, 0.3) is 0 Å². The second-order valence-corrected chi connectivity index (χ2v) is 4.69. The predicted octanol–water partition coefficient (Wildman–Crippen LogP) is 3.61. The Morgan fingerprint density at radius 1 is 1.37 bits per heavy atom. The van der Waals surface area contributed by atoms with Crippen LogP contribution >= 0.6 is 23.8 Å². The molecule has 19 heavy (non-hydrogen) atoms. The van der Waals surface area contributed by atoms with Crippen LogP contribution in [0.15, 0.2) is 30.3 Å². The number of aromatic nitrogens is 1. The number of nitrogens with zero attached hydrogens (tertiary/aromatic N) is 1. The molecule has 98 valence electrons. The minimum atomic E-state index is -0.513. The van der Waals surface area contributed by atoms with Gasteiger partial charge in [-0.3, -0.25) is 0 Å². The minimum Gasteiger partial charge on any atom is -0.438 e. The lowest BCUT2D eigenvalue weighted by Crippen LogP contribution is -2.12. The third-order valence-electron chi connectivity index (χ3n) is 2.37. The maximum Gasteiger partial charge on any atom is 0.229 e. The van der Waals surface area contributed by atoms with Crippen LogP contribution in [0.5, 0.6) is 11.6 Å². The summed E-state index contributed by atoms with van der Waals surface area (Å²) < 4.78 is 18.6. The second kappa shape index (κ2) is 5.50. The van der Waals surface area contributed by atoms with Crippen LogP contribution in [0.3, 0.4) is 0 Å². The summed E-state index contributed by atoms with van der Waals surface area (Å²) in [7, 11) is 0. The molecule has 1 heterocycles. The second-order valence-electron chi connectivity index (χ2n) is 3.85. The highest BCUT2D eigenvalue weighted by atomic mass is 35.5. The van der Waals surface area contributed by atoms with Gasteiger partial charge in [-0.2, -0.15) is 0 Å². The molecule has 6 heteroatoms. The van der Waals surface area contributed by atoms with Gasteiger partial charge in [0.2, 0.25) is 5.88 Å². The maximum atomic E-state index is 13.1. The topological polar surface area (TPSA) is 48.1 Å². The number of pyridine rings is 1. The van der Waals surface area contributed by atoms with Crippen molar-refractivity contribution in [1.82, 2.24) is 4.98 Å². The van der Waals surface area contributed by atoms with E-state index in [0.29, 0.717) is 11.3 Å². The SMILES string of the molecule is Cc1ccc(C(N)=S)c(Oc2ccc(F)c(Cl)c2)n1. The van der Waals surface area contributed by atoms with Crippen molar-refractivity contribution < 1.29 is 9.13 Å². The molecule has 3 nitrogen and oxygen atoms in total. The minimum absolute atomic E-state index is 0.0259. The third-order valence-corrected chi connectivity index (χ3v) is 2.88.